The van der Waals surface area contributed by atoms with Gasteiger partial charge in [0.15, 0.2) is 5.78 Å². The molecule has 2 heteroatoms. The lowest BCUT2D eigenvalue weighted by Crippen LogP contribution is -2.04. The minimum absolute atomic E-state index is 0.328. The number of allylic oxidation sites excluding steroid dienone is 1. The molecular formula is C8H13NO. The molecule has 1 aliphatic rings. The van der Waals surface area contributed by atoms with Crippen LogP contribution >= 0.6 is 0 Å². The van der Waals surface area contributed by atoms with Crippen LogP contribution in [0.2, 0.25) is 0 Å². The number of rotatable bonds is 1. The zero-order valence-electron chi connectivity index (χ0n) is 6.55. The molecule has 1 fully saturated rings. The molecule has 0 N–H and O–H groups in total. The summed E-state index contributed by atoms with van der Waals surface area (Å²) in [5.74, 6) is 0.328. The van der Waals surface area contributed by atoms with Gasteiger partial charge in [-0.15, -0.1) is 0 Å². The van der Waals surface area contributed by atoms with E-state index in [4.69, 9.17) is 0 Å². The highest BCUT2D eigenvalue weighted by Gasteiger charge is 2.16. The summed E-state index contributed by atoms with van der Waals surface area (Å²) >= 11 is 0. The van der Waals surface area contributed by atoms with E-state index in [1.807, 2.05) is 25.2 Å². The predicted molar refractivity (Wildman–Crippen MR) is 40.6 cm³/mol. The van der Waals surface area contributed by atoms with Crippen LogP contribution in [0.4, 0.5) is 0 Å². The molecule has 2 nitrogen and oxygen atoms in total. The van der Waals surface area contributed by atoms with E-state index in [0.717, 1.165) is 24.8 Å². The molecule has 56 valence electrons. The van der Waals surface area contributed by atoms with Crippen molar-refractivity contribution in [3.05, 3.63) is 11.8 Å². The molecule has 0 amide bonds. The van der Waals surface area contributed by atoms with Crippen molar-refractivity contribution < 1.29 is 4.79 Å². The first kappa shape index (κ1) is 7.32. The standard InChI is InChI=1S/C8H13NO/c1-9(2)6-7-4-3-5-8(7)10/h6H,3-5H2,1-2H3. The molecule has 0 atom stereocenters. The van der Waals surface area contributed by atoms with Crippen molar-refractivity contribution in [2.75, 3.05) is 14.1 Å². The van der Waals surface area contributed by atoms with E-state index in [2.05, 4.69) is 0 Å². The average molecular weight is 139 g/mol. The zero-order chi connectivity index (χ0) is 7.56. The highest BCUT2D eigenvalue weighted by Crippen LogP contribution is 2.19. The molecule has 0 aliphatic heterocycles. The largest absolute Gasteiger partial charge is 0.383 e. The van der Waals surface area contributed by atoms with Gasteiger partial charge in [0.05, 0.1) is 0 Å². The quantitative estimate of drug-likeness (QED) is 0.508. The first-order chi connectivity index (χ1) is 4.70. The minimum Gasteiger partial charge on any atom is -0.383 e. The van der Waals surface area contributed by atoms with Crippen molar-refractivity contribution >= 4 is 5.78 Å². The highest BCUT2D eigenvalue weighted by molar-refractivity contribution is 5.97. The second-order valence-electron chi connectivity index (χ2n) is 2.89. The molecule has 0 bridgehead atoms. The molecule has 1 rings (SSSR count). The summed E-state index contributed by atoms with van der Waals surface area (Å²) in [4.78, 5) is 12.9. The summed E-state index contributed by atoms with van der Waals surface area (Å²) < 4.78 is 0. The summed E-state index contributed by atoms with van der Waals surface area (Å²) in [6.07, 6.45) is 4.69. The van der Waals surface area contributed by atoms with Gasteiger partial charge in [-0.1, -0.05) is 0 Å². The van der Waals surface area contributed by atoms with Gasteiger partial charge in [0, 0.05) is 32.3 Å². The van der Waals surface area contributed by atoms with E-state index in [1.165, 1.54) is 0 Å². The molecule has 0 saturated heterocycles. The van der Waals surface area contributed by atoms with E-state index < -0.39 is 0 Å². The molecule has 0 aromatic rings. The fourth-order valence-corrected chi connectivity index (χ4v) is 1.19. The second kappa shape index (κ2) is 2.86. The van der Waals surface area contributed by atoms with Crippen LogP contribution in [0.1, 0.15) is 19.3 Å². The van der Waals surface area contributed by atoms with E-state index in [0.29, 0.717) is 5.78 Å². The zero-order valence-corrected chi connectivity index (χ0v) is 6.55. The summed E-state index contributed by atoms with van der Waals surface area (Å²) in [7, 11) is 3.89. The van der Waals surface area contributed by atoms with Crippen molar-refractivity contribution in [2.24, 2.45) is 0 Å². The molecule has 0 unspecified atom stereocenters. The maximum Gasteiger partial charge on any atom is 0.160 e. The number of carbonyl (C=O) groups is 1. The van der Waals surface area contributed by atoms with Crippen LogP contribution in [-0.4, -0.2) is 24.8 Å². The van der Waals surface area contributed by atoms with Gasteiger partial charge < -0.3 is 4.90 Å². The molecule has 10 heavy (non-hydrogen) atoms. The second-order valence-corrected chi connectivity index (χ2v) is 2.89. The van der Waals surface area contributed by atoms with E-state index in [9.17, 15) is 4.79 Å². The van der Waals surface area contributed by atoms with E-state index in [-0.39, 0.29) is 0 Å². The third kappa shape index (κ3) is 1.59. The normalized spacial score (nSPS) is 22.2. The summed E-state index contributed by atoms with van der Waals surface area (Å²) in [6, 6.07) is 0. The van der Waals surface area contributed by atoms with E-state index >= 15 is 0 Å². The number of hydrogen-bond acceptors (Lipinski definition) is 2. The first-order valence-corrected chi connectivity index (χ1v) is 3.60. The fraction of sp³-hybridized carbons (Fsp3) is 0.625. The molecule has 0 radical (unpaired) electrons. The Labute approximate surface area is 61.5 Å². The summed E-state index contributed by atoms with van der Waals surface area (Å²) in [6.45, 7) is 0. The lowest BCUT2D eigenvalue weighted by atomic mass is 10.2. The Morgan fingerprint density at radius 2 is 2.10 bits per heavy atom. The Bertz CT molecular complexity index is 170. The molecular weight excluding hydrogens is 126 g/mol. The lowest BCUT2D eigenvalue weighted by Gasteiger charge is -2.04. The van der Waals surface area contributed by atoms with Gasteiger partial charge in [-0.3, -0.25) is 4.79 Å². The van der Waals surface area contributed by atoms with Crippen molar-refractivity contribution in [1.29, 1.82) is 0 Å². The van der Waals surface area contributed by atoms with Crippen molar-refractivity contribution in [1.82, 2.24) is 4.90 Å². The fourth-order valence-electron chi connectivity index (χ4n) is 1.19. The van der Waals surface area contributed by atoms with Gasteiger partial charge in [-0.25, -0.2) is 0 Å². The lowest BCUT2D eigenvalue weighted by molar-refractivity contribution is -0.114. The SMILES string of the molecule is CN(C)C=C1CCCC1=O. The first-order valence-electron chi connectivity index (χ1n) is 3.60. The van der Waals surface area contributed by atoms with Gasteiger partial charge in [0.25, 0.3) is 0 Å². The molecule has 0 spiro atoms. The van der Waals surface area contributed by atoms with Gasteiger partial charge in [-0.2, -0.15) is 0 Å². The van der Waals surface area contributed by atoms with Gasteiger partial charge in [-0.05, 0) is 12.8 Å². The number of ketones is 1. The van der Waals surface area contributed by atoms with Crippen molar-refractivity contribution in [3.8, 4) is 0 Å². The molecule has 1 aliphatic carbocycles. The minimum atomic E-state index is 0.328. The average Bonchev–Trinajstić information content (AvgIpc) is 2.15. The van der Waals surface area contributed by atoms with Crippen LogP contribution in [0.3, 0.4) is 0 Å². The van der Waals surface area contributed by atoms with Crippen LogP contribution in [0.5, 0.6) is 0 Å². The Kier molecular flexibility index (Phi) is 2.10. The van der Waals surface area contributed by atoms with Gasteiger partial charge in [0.1, 0.15) is 0 Å². The molecule has 0 aromatic heterocycles. The molecule has 1 saturated carbocycles. The third-order valence-corrected chi connectivity index (χ3v) is 1.62. The third-order valence-electron chi connectivity index (χ3n) is 1.62. The van der Waals surface area contributed by atoms with E-state index in [1.54, 1.807) is 0 Å². The molecule has 0 heterocycles. The van der Waals surface area contributed by atoms with Crippen LogP contribution in [-0.2, 0) is 4.79 Å². The number of hydrogen-bond donors (Lipinski definition) is 0. The van der Waals surface area contributed by atoms with Crippen LogP contribution < -0.4 is 0 Å². The van der Waals surface area contributed by atoms with Gasteiger partial charge >= 0.3 is 0 Å². The van der Waals surface area contributed by atoms with Crippen LogP contribution in [0.15, 0.2) is 11.8 Å². The topological polar surface area (TPSA) is 20.3 Å². The maximum atomic E-state index is 11.0. The monoisotopic (exact) mass is 139 g/mol. The number of carbonyl (C=O) groups excluding carboxylic acids is 1. The summed E-state index contributed by atoms with van der Waals surface area (Å²) in [5, 5.41) is 0. The van der Waals surface area contributed by atoms with Crippen molar-refractivity contribution in [3.63, 3.8) is 0 Å². The van der Waals surface area contributed by atoms with Crippen LogP contribution in [0.25, 0.3) is 0 Å². The Morgan fingerprint density at radius 3 is 2.50 bits per heavy atom. The smallest absolute Gasteiger partial charge is 0.160 e. The van der Waals surface area contributed by atoms with Crippen molar-refractivity contribution in [2.45, 2.75) is 19.3 Å². The van der Waals surface area contributed by atoms with Gasteiger partial charge in [0.2, 0.25) is 0 Å². The maximum absolute atomic E-state index is 11.0. The predicted octanol–water partition coefficient (Wildman–Crippen LogP) is 1.18. The Balaban J connectivity index is 2.62. The number of Topliss-reactive ketones (excluding diaryl/α,β-unsaturated/α-hetero) is 1. The van der Waals surface area contributed by atoms with Crippen LogP contribution in [0, 0.1) is 0 Å². The Morgan fingerprint density at radius 1 is 1.40 bits per heavy atom. The Hall–Kier alpha value is -0.790. The molecule has 0 aromatic carbocycles. The number of nitrogens with zero attached hydrogens (tertiary/aromatic N) is 1. The highest BCUT2D eigenvalue weighted by atomic mass is 16.1. The summed E-state index contributed by atoms with van der Waals surface area (Å²) in [5.41, 5.74) is 0.991.